The van der Waals surface area contributed by atoms with Crippen LogP contribution in [-0.2, 0) is 0 Å². The van der Waals surface area contributed by atoms with Gasteiger partial charge < -0.3 is 15.1 Å². The first-order valence-corrected chi connectivity index (χ1v) is 10.2. The molecule has 4 aromatic rings. The van der Waals surface area contributed by atoms with E-state index in [1.807, 2.05) is 0 Å². The molecule has 0 unspecified atom stereocenters. The monoisotopic (exact) mass is 447 g/mol. The molecule has 0 aliphatic heterocycles. The Hall–Kier alpha value is -4.33. The largest absolute Gasteiger partial charge is 0.436 e. The van der Waals surface area contributed by atoms with Gasteiger partial charge in [-0.3, -0.25) is 9.59 Å². The number of hydrogen-bond donors (Lipinski definition) is 2. The van der Waals surface area contributed by atoms with Gasteiger partial charge in [0.2, 0.25) is 5.89 Å². The maximum atomic E-state index is 14.1. The molecule has 0 atom stereocenters. The third kappa shape index (κ3) is 4.95. The molecule has 33 heavy (non-hydrogen) atoms. The number of oxazole rings is 1. The number of hydrogen-bond acceptors (Lipinski definition) is 4. The van der Waals surface area contributed by atoms with Gasteiger partial charge in [-0.1, -0.05) is 36.4 Å². The van der Waals surface area contributed by atoms with Gasteiger partial charge in [0.25, 0.3) is 11.8 Å². The molecule has 0 saturated carbocycles. The van der Waals surface area contributed by atoms with E-state index >= 15 is 0 Å². The van der Waals surface area contributed by atoms with Crippen LogP contribution in [0.1, 0.15) is 20.7 Å². The van der Waals surface area contributed by atoms with Gasteiger partial charge in [-0.15, -0.1) is 0 Å². The molecule has 0 bridgehead atoms. The molecule has 1 aromatic heterocycles. The van der Waals surface area contributed by atoms with E-state index in [9.17, 15) is 18.4 Å². The number of amides is 2. The first kappa shape index (κ1) is 21.9. The van der Waals surface area contributed by atoms with Crippen molar-refractivity contribution in [3.8, 4) is 22.8 Å². The molecule has 0 aliphatic carbocycles. The number of nitrogens with one attached hydrogen (secondary N) is 2. The minimum Gasteiger partial charge on any atom is -0.436 e. The summed E-state index contributed by atoms with van der Waals surface area (Å²) >= 11 is 0. The van der Waals surface area contributed by atoms with Crippen molar-refractivity contribution in [1.82, 2.24) is 15.6 Å². The Morgan fingerprint density at radius 1 is 0.727 bits per heavy atom. The zero-order chi connectivity index (χ0) is 23.2. The van der Waals surface area contributed by atoms with Crippen molar-refractivity contribution in [3.63, 3.8) is 0 Å². The first-order chi connectivity index (χ1) is 16.0. The molecule has 0 radical (unpaired) electrons. The number of rotatable bonds is 7. The van der Waals surface area contributed by atoms with Crippen LogP contribution in [0.5, 0.6) is 0 Å². The van der Waals surface area contributed by atoms with Gasteiger partial charge in [0, 0.05) is 18.7 Å². The molecule has 0 fully saturated rings. The van der Waals surface area contributed by atoms with Crippen molar-refractivity contribution in [2.75, 3.05) is 13.1 Å². The summed E-state index contributed by atoms with van der Waals surface area (Å²) in [6.07, 6.45) is 1.40. The van der Waals surface area contributed by atoms with Gasteiger partial charge in [-0.25, -0.2) is 13.8 Å². The second kappa shape index (κ2) is 9.86. The van der Waals surface area contributed by atoms with Crippen LogP contribution in [0.25, 0.3) is 22.8 Å². The van der Waals surface area contributed by atoms with Crippen LogP contribution >= 0.6 is 0 Å². The Balaban J connectivity index is 1.41. The molecule has 2 amide bonds. The van der Waals surface area contributed by atoms with Crippen molar-refractivity contribution < 1.29 is 22.8 Å². The van der Waals surface area contributed by atoms with Crippen LogP contribution in [0, 0.1) is 11.6 Å². The second-order valence-corrected chi connectivity index (χ2v) is 7.05. The van der Waals surface area contributed by atoms with Crippen LogP contribution < -0.4 is 10.6 Å². The van der Waals surface area contributed by atoms with Gasteiger partial charge in [-0.05, 0) is 36.4 Å². The molecule has 4 rings (SSSR count). The summed E-state index contributed by atoms with van der Waals surface area (Å²) in [5, 5.41) is 5.26. The predicted molar refractivity (Wildman–Crippen MR) is 118 cm³/mol. The summed E-state index contributed by atoms with van der Waals surface area (Å²) in [7, 11) is 0. The van der Waals surface area contributed by atoms with Gasteiger partial charge in [0.05, 0.1) is 22.9 Å². The van der Waals surface area contributed by atoms with E-state index in [0.717, 1.165) is 0 Å². The summed E-state index contributed by atoms with van der Waals surface area (Å²) in [5.74, 6) is -1.61. The Morgan fingerprint density at radius 2 is 1.27 bits per heavy atom. The molecule has 166 valence electrons. The summed E-state index contributed by atoms with van der Waals surface area (Å²) in [6, 6.07) is 18.5. The van der Waals surface area contributed by atoms with Crippen molar-refractivity contribution in [1.29, 1.82) is 0 Å². The average molecular weight is 447 g/mol. The molecule has 3 aromatic carbocycles. The Kier molecular flexibility index (Phi) is 6.54. The van der Waals surface area contributed by atoms with E-state index < -0.39 is 23.4 Å². The van der Waals surface area contributed by atoms with Gasteiger partial charge >= 0.3 is 0 Å². The van der Waals surface area contributed by atoms with Gasteiger partial charge in [0.15, 0.2) is 5.76 Å². The Bertz CT molecular complexity index is 1300. The third-order valence-corrected chi connectivity index (χ3v) is 4.86. The van der Waals surface area contributed by atoms with Crippen molar-refractivity contribution >= 4 is 11.8 Å². The number of nitrogens with zero attached hydrogens (tertiary/aromatic N) is 1. The summed E-state index contributed by atoms with van der Waals surface area (Å²) in [5.41, 5.74) is 0.945. The van der Waals surface area contributed by atoms with E-state index in [0.29, 0.717) is 11.1 Å². The molecule has 6 nitrogen and oxygen atoms in total. The molecule has 8 heteroatoms. The standard InChI is InChI=1S/C25H19F2N3O3/c26-20-11-5-3-9-18(20)22-15-30-25(33-22)17-8-2-1-7-16(17)23(31)28-13-14-29-24(32)19-10-4-6-12-21(19)27/h1-12,15H,13-14H2,(H,28,31)(H,29,32). The summed E-state index contributed by atoms with van der Waals surface area (Å²) < 4.78 is 33.4. The lowest BCUT2D eigenvalue weighted by atomic mass is 10.1. The van der Waals surface area contributed by atoms with E-state index in [4.69, 9.17) is 4.42 Å². The minimum absolute atomic E-state index is 0.0660. The number of carbonyl (C=O) groups excluding carboxylic acids is 2. The van der Waals surface area contributed by atoms with Crippen LogP contribution in [0.15, 0.2) is 83.4 Å². The zero-order valence-corrected chi connectivity index (χ0v) is 17.3. The van der Waals surface area contributed by atoms with Crippen LogP contribution in [-0.4, -0.2) is 29.9 Å². The second-order valence-electron chi connectivity index (χ2n) is 7.05. The van der Waals surface area contributed by atoms with Gasteiger partial charge in [0.1, 0.15) is 11.6 Å². The first-order valence-electron chi connectivity index (χ1n) is 10.2. The lowest BCUT2D eigenvalue weighted by Gasteiger charge is -2.09. The number of carbonyl (C=O) groups is 2. The molecule has 0 aliphatic rings. The van der Waals surface area contributed by atoms with E-state index in [1.54, 1.807) is 48.5 Å². The smallest absolute Gasteiger partial charge is 0.254 e. The number of halogens is 2. The molecule has 0 spiro atoms. The van der Waals surface area contributed by atoms with E-state index in [2.05, 4.69) is 15.6 Å². The normalized spacial score (nSPS) is 10.6. The van der Waals surface area contributed by atoms with Crippen LogP contribution in [0.4, 0.5) is 8.78 Å². The molecule has 1 heterocycles. The Labute approximate surface area is 188 Å². The predicted octanol–water partition coefficient (Wildman–Crippen LogP) is 4.45. The quantitative estimate of drug-likeness (QED) is 0.410. The molecule has 2 N–H and O–H groups in total. The van der Waals surface area contributed by atoms with E-state index in [1.165, 1.54) is 30.5 Å². The van der Waals surface area contributed by atoms with Crippen molar-refractivity contribution in [2.24, 2.45) is 0 Å². The summed E-state index contributed by atoms with van der Waals surface area (Å²) in [4.78, 5) is 29.0. The average Bonchev–Trinajstić information content (AvgIpc) is 3.32. The highest BCUT2D eigenvalue weighted by Gasteiger charge is 2.18. The maximum absolute atomic E-state index is 14.1. The Morgan fingerprint density at radius 3 is 1.94 bits per heavy atom. The van der Waals surface area contributed by atoms with Crippen LogP contribution in [0.3, 0.4) is 0 Å². The van der Waals surface area contributed by atoms with Crippen molar-refractivity contribution in [3.05, 3.63) is 102 Å². The highest BCUT2D eigenvalue weighted by molar-refractivity contribution is 6.00. The zero-order valence-electron chi connectivity index (χ0n) is 17.3. The lowest BCUT2D eigenvalue weighted by molar-refractivity contribution is 0.0925. The molecule has 0 saturated heterocycles. The SMILES string of the molecule is O=C(NCCNC(=O)c1ccccc1-c1ncc(-c2ccccc2F)o1)c1ccccc1F. The lowest BCUT2D eigenvalue weighted by Crippen LogP contribution is -2.35. The fraction of sp³-hybridized carbons (Fsp3) is 0.0800. The fourth-order valence-electron chi connectivity index (χ4n) is 3.24. The number of aromatic nitrogens is 1. The highest BCUT2D eigenvalue weighted by atomic mass is 19.1. The topological polar surface area (TPSA) is 84.2 Å². The summed E-state index contributed by atoms with van der Waals surface area (Å²) in [6.45, 7) is 0.233. The number of benzene rings is 3. The molecular weight excluding hydrogens is 428 g/mol. The minimum atomic E-state index is -0.617. The fourth-order valence-corrected chi connectivity index (χ4v) is 3.24. The highest BCUT2D eigenvalue weighted by Crippen LogP contribution is 2.29. The molecular formula is C25H19F2N3O3. The van der Waals surface area contributed by atoms with Crippen LogP contribution in [0.2, 0.25) is 0 Å². The van der Waals surface area contributed by atoms with E-state index in [-0.39, 0.29) is 35.9 Å². The third-order valence-electron chi connectivity index (χ3n) is 4.86. The van der Waals surface area contributed by atoms with Crippen molar-refractivity contribution in [2.45, 2.75) is 0 Å². The maximum Gasteiger partial charge on any atom is 0.254 e. The van der Waals surface area contributed by atoms with Gasteiger partial charge in [-0.2, -0.15) is 0 Å².